The van der Waals surface area contributed by atoms with Gasteiger partial charge in [-0.3, -0.25) is 15.0 Å². The molecule has 4 rings (SSSR count). The topological polar surface area (TPSA) is 67.4 Å². The van der Waals surface area contributed by atoms with Crippen LogP contribution in [0.4, 0.5) is 5.13 Å². The number of hydrogen-bond acceptors (Lipinski definition) is 6. The number of carbonyl (C=O) groups is 1. The smallest absolute Gasteiger partial charge is 0.243 e. The molecule has 2 aliphatic rings. The number of aromatic nitrogens is 2. The number of amides is 1. The highest BCUT2D eigenvalue weighted by atomic mass is 32.1. The van der Waals surface area contributed by atoms with E-state index in [1.54, 1.807) is 0 Å². The molecule has 138 valence electrons. The average Bonchev–Trinajstić information content (AvgIpc) is 3.33. The van der Waals surface area contributed by atoms with Gasteiger partial charge < -0.3 is 4.74 Å². The Morgan fingerprint density at radius 3 is 2.85 bits per heavy atom. The fourth-order valence-electron chi connectivity index (χ4n) is 3.77. The third-order valence-corrected chi connectivity index (χ3v) is 5.82. The van der Waals surface area contributed by atoms with Crippen molar-refractivity contribution in [1.29, 1.82) is 0 Å². The van der Waals surface area contributed by atoms with Gasteiger partial charge in [-0.25, -0.2) is 0 Å². The van der Waals surface area contributed by atoms with Crippen LogP contribution in [0.3, 0.4) is 0 Å². The van der Waals surface area contributed by atoms with Gasteiger partial charge in [0.2, 0.25) is 11.0 Å². The van der Waals surface area contributed by atoms with Gasteiger partial charge in [0, 0.05) is 36.9 Å². The van der Waals surface area contributed by atoms with Crippen molar-refractivity contribution in [3.05, 3.63) is 30.3 Å². The van der Waals surface area contributed by atoms with Crippen molar-refractivity contribution in [2.45, 2.75) is 31.7 Å². The minimum Gasteiger partial charge on any atom is -0.381 e. The van der Waals surface area contributed by atoms with Gasteiger partial charge in [0.05, 0.1) is 6.04 Å². The first-order valence-corrected chi connectivity index (χ1v) is 10.1. The summed E-state index contributed by atoms with van der Waals surface area (Å²) in [7, 11) is 0. The maximum atomic E-state index is 12.8. The zero-order chi connectivity index (χ0) is 17.8. The Labute approximate surface area is 157 Å². The van der Waals surface area contributed by atoms with Crippen LogP contribution in [-0.2, 0) is 9.53 Å². The first-order valence-electron chi connectivity index (χ1n) is 9.31. The molecule has 2 aromatic rings. The van der Waals surface area contributed by atoms with E-state index >= 15 is 0 Å². The van der Waals surface area contributed by atoms with Crippen LogP contribution in [0.5, 0.6) is 0 Å². The second kappa shape index (κ2) is 8.24. The summed E-state index contributed by atoms with van der Waals surface area (Å²) < 4.78 is 9.81. The Morgan fingerprint density at radius 2 is 2.04 bits per heavy atom. The number of hydrogen-bond donors (Lipinski definition) is 1. The molecular formula is C19H24N4O2S. The molecule has 2 aliphatic heterocycles. The van der Waals surface area contributed by atoms with E-state index in [1.807, 2.05) is 30.3 Å². The monoisotopic (exact) mass is 372 g/mol. The lowest BCUT2D eigenvalue weighted by Crippen LogP contribution is -2.42. The fourth-order valence-corrected chi connectivity index (χ4v) is 4.36. The summed E-state index contributed by atoms with van der Waals surface area (Å²) in [5.41, 5.74) is 0.964. The lowest BCUT2D eigenvalue weighted by molar-refractivity contribution is -0.120. The lowest BCUT2D eigenvalue weighted by Gasteiger charge is -2.30. The highest BCUT2D eigenvalue weighted by Crippen LogP contribution is 2.25. The summed E-state index contributed by atoms with van der Waals surface area (Å²) in [6.07, 6.45) is 4.19. The molecule has 0 aliphatic carbocycles. The van der Waals surface area contributed by atoms with Gasteiger partial charge >= 0.3 is 0 Å². The molecule has 0 spiro atoms. The number of nitrogens with one attached hydrogen (secondary N) is 1. The molecule has 1 atom stereocenters. The van der Waals surface area contributed by atoms with Crippen LogP contribution >= 0.6 is 11.5 Å². The van der Waals surface area contributed by atoms with Crippen LogP contribution in [0.2, 0.25) is 0 Å². The summed E-state index contributed by atoms with van der Waals surface area (Å²) >= 11 is 1.24. The average molecular weight is 372 g/mol. The van der Waals surface area contributed by atoms with Gasteiger partial charge in [0.15, 0.2) is 5.82 Å². The van der Waals surface area contributed by atoms with Crippen LogP contribution in [0.25, 0.3) is 11.4 Å². The summed E-state index contributed by atoms with van der Waals surface area (Å²) in [5, 5.41) is 3.56. The van der Waals surface area contributed by atoms with E-state index in [4.69, 9.17) is 4.74 Å². The van der Waals surface area contributed by atoms with Crippen LogP contribution in [0.15, 0.2) is 30.3 Å². The predicted molar refractivity (Wildman–Crippen MR) is 102 cm³/mol. The van der Waals surface area contributed by atoms with Gasteiger partial charge in [0.25, 0.3) is 0 Å². The highest BCUT2D eigenvalue weighted by Gasteiger charge is 2.33. The van der Waals surface area contributed by atoms with Gasteiger partial charge in [0.1, 0.15) is 0 Å². The number of ether oxygens (including phenoxy) is 1. The van der Waals surface area contributed by atoms with Crippen molar-refractivity contribution in [2.75, 3.05) is 31.6 Å². The molecular weight excluding hydrogens is 348 g/mol. The standard InChI is InChI=1S/C19H24N4O2S/c24-18(16-7-4-10-23(16)13-14-8-11-25-12-9-14)21-19-20-17(22-26-19)15-5-2-1-3-6-15/h1-3,5-6,14,16H,4,7-13H2,(H,20,21,22,24)/t16-/m0/s1. The second-order valence-corrected chi connectivity index (χ2v) is 7.74. The molecule has 7 heteroatoms. The molecule has 1 amide bonds. The normalized spacial score (nSPS) is 21.8. The summed E-state index contributed by atoms with van der Waals surface area (Å²) in [4.78, 5) is 19.6. The Morgan fingerprint density at radius 1 is 1.23 bits per heavy atom. The van der Waals surface area contributed by atoms with Crippen LogP contribution in [0.1, 0.15) is 25.7 Å². The molecule has 1 aromatic carbocycles. The summed E-state index contributed by atoms with van der Waals surface area (Å²) in [5.74, 6) is 1.35. The number of anilines is 1. The van der Waals surface area contributed by atoms with Crippen LogP contribution in [-0.4, -0.2) is 52.5 Å². The number of benzene rings is 1. The van der Waals surface area contributed by atoms with Crippen molar-refractivity contribution in [3.8, 4) is 11.4 Å². The maximum Gasteiger partial charge on any atom is 0.243 e. The lowest BCUT2D eigenvalue weighted by atomic mass is 9.99. The molecule has 0 saturated carbocycles. The van der Waals surface area contributed by atoms with Crippen molar-refractivity contribution in [3.63, 3.8) is 0 Å². The molecule has 3 heterocycles. The molecule has 1 N–H and O–H groups in total. The molecule has 0 unspecified atom stereocenters. The highest BCUT2D eigenvalue weighted by molar-refractivity contribution is 7.10. The number of carbonyl (C=O) groups excluding carboxylic acids is 1. The second-order valence-electron chi connectivity index (χ2n) is 6.99. The largest absolute Gasteiger partial charge is 0.381 e. The van der Waals surface area contributed by atoms with Crippen molar-refractivity contribution in [1.82, 2.24) is 14.3 Å². The van der Waals surface area contributed by atoms with E-state index in [-0.39, 0.29) is 11.9 Å². The molecule has 2 fully saturated rings. The third kappa shape index (κ3) is 4.11. The van der Waals surface area contributed by atoms with Gasteiger partial charge in [-0.15, -0.1) is 0 Å². The maximum absolute atomic E-state index is 12.8. The van der Waals surface area contributed by atoms with Gasteiger partial charge in [-0.2, -0.15) is 9.36 Å². The zero-order valence-electron chi connectivity index (χ0n) is 14.8. The van der Waals surface area contributed by atoms with Crippen LogP contribution < -0.4 is 5.32 Å². The number of nitrogens with zero attached hydrogens (tertiary/aromatic N) is 3. The summed E-state index contributed by atoms with van der Waals surface area (Å²) in [6.45, 7) is 3.69. The van der Waals surface area contributed by atoms with Crippen molar-refractivity contribution < 1.29 is 9.53 Å². The van der Waals surface area contributed by atoms with E-state index in [0.29, 0.717) is 16.9 Å². The first-order chi connectivity index (χ1) is 12.8. The van der Waals surface area contributed by atoms with E-state index in [0.717, 1.165) is 57.6 Å². The molecule has 1 aromatic heterocycles. The van der Waals surface area contributed by atoms with Crippen LogP contribution in [0, 0.1) is 5.92 Å². The fraction of sp³-hybridized carbons (Fsp3) is 0.526. The van der Waals surface area contributed by atoms with E-state index in [9.17, 15) is 4.79 Å². The molecule has 26 heavy (non-hydrogen) atoms. The Hall–Kier alpha value is -1.83. The van der Waals surface area contributed by atoms with Gasteiger partial charge in [-0.05, 0) is 38.1 Å². The SMILES string of the molecule is O=C(Nc1nc(-c2ccccc2)ns1)[C@@H]1CCCN1CC1CCOCC1. The Kier molecular flexibility index (Phi) is 5.57. The summed E-state index contributed by atoms with van der Waals surface area (Å²) in [6, 6.07) is 9.77. The number of rotatable bonds is 5. The predicted octanol–water partition coefficient (Wildman–Crippen LogP) is 3.03. The minimum absolute atomic E-state index is 0.0466. The van der Waals surface area contributed by atoms with E-state index < -0.39 is 0 Å². The van der Waals surface area contributed by atoms with E-state index in [1.165, 1.54) is 11.5 Å². The molecule has 2 saturated heterocycles. The molecule has 6 nitrogen and oxygen atoms in total. The third-order valence-electron chi connectivity index (χ3n) is 5.19. The van der Waals surface area contributed by atoms with Gasteiger partial charge in [-0.1, -0.05) is 30.3 Å². The quantitative estimate of drug-likeness (QED) is 0.874. The van der Waals surface area contributed by atoms with Crippen molar-refractivity contribution in [2.24, 2.45) is 5.92 Å². The number of likely N-dealkylation sites (tertiary alicyclic amines) is 1. The van der Waals surface area contributed by atoms with E-state index in [2.05, 4.69) is 19.6 Å². The minimum atomic E-state index is -0.0538. The molecule has 0 radical (unpaired) electrons. The molecule has 0 bridgehead atoms. The Balaban J connectivity index is 1.37. The zero-order valence-corrected chi connectivity index (χ0v) is 15.6. The first kappa shape index (κ1) is 17.6. The van der Waals surface area contributed by atoms with Crippen molar-refractivity contribution >= 4 is 22.6 Å². The Bertz CT molecular complexity index is 730.